The first kappa shape index (κ1) is 26.1. The van der Waals surface area contributed by atoms with E-state index in [0.717, 1.165) is 25.1 Å². The molecule has 0 bridgehead atoms. The summed E-state index contributed by atoms with van der Waals surface area (Å²) in [6, 6.07) is 7.10. The molecule has 1 aliphatic heterocycles. The Labute approximate surface area is 201 Å². The van der Waals surface area contributed by atoms with E-state index < -0.39 is 17.6 Å². The normalized spacial score (nSPS) is 14.4. The highest BCUT2D eigenvalue weighted by Crippen LogP contribution is 2.30. The number of hydrogen-bond acceptors (Lipinski definition) is 6. The minimum Gasteiger partial charge on any atom is -0.493 e. The van der Waals surface area contributed by atoms with Crippen LogP contribution in [0.3, 0.4) is 0 Å². The molecule has 1 aromatic carbocycles. The molecule has 35 heavy (non-hydrogen) atoms. The Morgan fingerprint density at radius 3 is 2.46 bits per heavy atom. The number of halogens is 3. The molecule has 2 amide bonds. The van der Waals surface area contributed by atoms with Gasteiger partial charge in [-0.25, -0.2) is 4.98 Å². The Hall–Kier alpha value is -3.50. The largest absolute Gasteiger partial charge is 0.493 e. The van der Waals surface area contributed by atoms with Crippen LogP contribution in [0.5, 0.6) is 11.5 Å². The van der Waals surface area contributed by atoms with Crippen molar-refractivity contribution in [2.75, 3.05) is 31.7 Å². The third-order valence-electron chi connectivity index (χ3n) is 5.75. The molecule has 1 fully saturated rings. The standard InChI is InChI=1S/C24H29F3N4O4/c1-3-4-13-35-19-7-5-17(14-20(19)34-2)23(33)30-29-22(32)16-9-11-31(12-10-16)21-8-6-18(15-28-21)24(25,26)27/h5-8,14-16H,3-4,9-13H2,1-2H3,(H,29,32)(H,30,33). The van der Waals surface area contributed by atoms with Gasteiger partial charge in [-0.1, -0.05) is 13.3 Å². The van der Waals surface area contributed by atoms with E-state index in [9.17, 15) is 22.8 Å². The first-order valence-corrected chi connectivity index (χ1v) is 11.4. The fourth-order valence-electron chi connectivity index (χ4n) is 3.66. The smallest absolute Gasteiger partial charge is 0.417 e. The number of carbonyl (C=O) groups is 2. The van der Waals surface area contributed by atoms with Crippen LogP contribution in [-0.4, -0.2) is 43.6 Å². The second-order valence-corrected chi connectivity index (χ2v) is 8.18. The first-order valence-electron chi connectivity index (χ1n) is 11.4. The Bertz CT molecular complexity index is 1010. The average Bonchev–Trinajstić information content (AvgIpc) is 2.87. The second-order valence-electron chi connectivity index (χ2n) is 8.18. The molecule has 11 heteroatoms. The maximum atomic E-state index is 12.7. The van der Waals surface area contributed by atoms with Crippen LogP contribution in [0.4, 0.5) is 19.0 Å². The third kappa shape index (κ3) is 7.00. The predicted octanol–water partition coefficient (Wildman–Crippen LogP) is 3.97. The average molecular weight is 495 g/mol. The van der Waals surface area contributed by atoms with Crippen LogP contribution < -0.4 is 25.2 Å². The molecule has 1 aromatic heterocycles. The van der Waals surface area contributed by atoms with E-state index in [-0.39, 0.29) is 11.8 Å². The van der Waals surface area contributed by atoms with E-state index >= 15 is 0 Å². The number of anilines is 1. The number of aromatic nitrogens is 1. The number of unbranched alkanes of at least 4 members (excludes halogenated alkanes) is 1. The molecule has 3 rings (SSSR count). The molecular formula is C24H29F3N4O4. The van der Waals surface area contributed by atoms with E-state index in [0.29, 0.717) is 55.4 Å². The maximum Gasteiger partial charge on any atom is 0.417 e. The quantitative estimate of drug-likeness (QED) is 0.426. The molecule has 2 heterocycles. The Balaban J connectivity index is 1.48. The summed E-state index contributed by atoms with van der Waals surface area (Å²) >= 11 is 0. The molecule has 2 aromatic rings. The van der Waals surface area contributed by atoms with E-state index in [1.807, 2.05) is 4.90 Å². The monoisotopic (exact) mass is 494 g/mol. The van der Waals surface area contributed by atoms with E-state index in [1.54, 1.807) is 12.1 Å². The van der Waals surface area contributed by atoms with Crippen molar-refractivity contribution in [1.82, 2.24) is 15.8 Å². The number of methoxy groups -OCH3 is 1. The lowest BCUT2D eigenvalue weighted by Gasteiger charge is -2.32. The van der Waals surface area contributed by atoms with Crippen molar-refractivity contribution in [1.29, 1.82) is 0 Å². The van der Waals surface area contributed by atoms with Crippen LogP contribution in [0.1, 0.15) is 48.5 Å². The zero-order valence-corrected chi connectivity index (χ0v) is 19.7. The minimum absolute atomic E-state index is 0.299. The first-order chi connectivity index (χ1) is 16.7. The van der Waals surface area contributed by atoms with Gasteiger partial charge in [0.05, 0.1) is 19.3 Å². The highest BCUT2D eigenvalue weighted by atomic mass is 19.4. The van der Waals surface area contributed by atoms with E-state index in [4.69, 9.17) is 9.47 Å². The summed E-state index contributed by atoms with van der Waals surface area (Å²) in [5.41, 5.74) is 4.36. The van der Waals surface area contributed by atoms with Gasteiger partial charge in [0.2, 0.25) is 5.91 Å². The van der Waals surface area contributed by atoms with E-state index in [2.05, 4.69) is 22.8 Å². The van der Waals surface area contributed by atoms with Gasteiger partial charge in [-0.15, -0.1) is 0 Å². The van der Waals surface area contributed by atoms with Gasteiger partial charge in [0, 0.05) is 30.8 Å². The fraction of sp³-hybridized carbons (Fsp3) is 0.458. The van der Waals surface area contributed by atoms with Gasteiger partial charge in [-0.3, -0.25) is 20.4 Å². The van der Waals surface area contributed by atoms with Crippen molar-refractivity contribution in [2.24, 2.45) is 5.92 Å². The summed E-state index contributed by atoms with van der Waals surface area (Å²) in [7, 11) is 1.48. The van der Waals surface area contributed by atoms with Crippen molar-refractivity contribution in [3.05, 3.63) is 47.7 Å². The Morgan fingerprint density at radius 2 is 1.86 bits per heavy atom. The summed E-state index contributed by atoms with van der Waals surface area (Å²) in [6.45, 7) is 3.52. The number of hydrazine groups is 1. The Kier molecular flexibility index (Phi) is 8.78. The highest BCUT2D eigenvalue weighted by molar-refractivity contribution is 5.96. The number of nitrogens with zero attached hydrogens (tertiary/aromatic N) is 2. The molecule has 1 saturated heterocycles. The van der Waals surface area contributed by atoms with Crippen LogP contribution in [-0.2, 0) is 11.0 Å². The van der Waals surface area contributed by atoms with Crippen LogP contribution in [0.2, 0.25) is 0 Å². The van der Waals surface area contributed by atoms with Gasteiger partial charge < -0.3 is 14.4 Å². The summed E-state index contributed by atoms with van der Waals surface area (Å²) in [5, 5.41) is 0. The van der Waals surface area contributed by atoms with Gasteiger partial charge >= 0.3 is 6.18 Å². The maximum absolute atomic E-state index is 12.7. The molecular weight excluding hydrogens is 465 g/mol. The minimum atomic E-state index is -4.43. The number of piperidine rings is 1. The Morgan fingerprint density at radius 1 is 1.11 bits per heavy atom. The topological polar surface area (TPSA) is 92.8 Å². The lowest BCUT2D eigenvalue weighted by molar-refractivity contribution is -0.137. The molecule has 0 saturated carbocycles. The number of nitrogens with one attached hydrogen (secondary N) is 2. The number of benzene rings is 1. The molecule has 2 N–H and O–H groups in total. The number of pyridine rings is 1. The van der Waals surface area contributed by atoms with Crippen LogP contribution >= 0.6 is 0 Å². The van der Waals surface area contributed by atoms with Gasteiger partial charge in [0.1, 0.15) is 5.82 Å². The number of ether oxygens (including phenoxy) is 2. The van der Waals surface area contributed by atoms with Crippen molar-refractivity contribution in [2.45, 2.75) is 38.8 Å². The summed E-state index contributed by atoms with van der Waals surface area (Å²) in [6.07, 6.45) is -0.784. The van der Waals surface area contributed by atoms with E-state index in [1.165, 1.54) is 19.2 Å². The molecule has 0 spiro atoms. The number of amides is 2. The van der Waals surface area contributed by atoms with Gasteiger partial charge in [0.15, 0.2) is 11.5 Å². The lowest BCUT2D eigenvalue weighted by Crippen LogP contribution is -2.47. The predicted molar refractivity (Wildman–Crippen MR) is 123 cm³/mol. The summed E-state index contributed by atoms with van der Waals surface area (Å²) < 4.78 is 49.1. The number of rotatable bonds is 8. The zero-order valence-electron chi connectivity index (χ0n) is 19.7. The van der Waals surface area contributed by atoms with Crippen molar-refractivity contribution in [3.8, 4) is 11.5 Å². The molecule has 8 nitrogen and oxygen atoms in total. The molecule has 0 aliphatic carbocycles. The van der Waals surface area contributed by atoms with Crippen LogP contribution in [0, 0.1) is 5.92 Å². The fourth-order valence-corrected chi connectivity index (χ4v) is 3.66. The summed E-state index contributed by atoms with van der Waals surface area (Å²) in [4.78, 5) is 30.7. The lowest BCUT2D eigenvalue weighted by atomic mass is 9.96. The summed E-state index contributed by atoms with van der Waals surface area (Å²) in [5.74, 6) is 0.222. The molecule has 0 radical (unpaired) electrons. The van der Waals surface area contributed by atoms with Gasteiger partial charge in [0.25, 0.3) is 5.91 Å². The van der Waals surface area contributed by atoms with Gasteiger partial charge in [-0.2, -0.15) is 13.2 Å². The highest BCUT2D eigenvalue weighted by Gasteiger charge is 2.31. The number of hydrogen-bond donors (Lipinski definition) is 2. The number of carbonyl (C=O) groups excluding carboxylic acids is 2. The zero-order chi connectivity index (χ0) is 25.4. The van der Waals surface area contributed by atoms with Gasteiger partial charge in [-0.05, 0) is 49.6 Å². The molecule has 1 aliphatic rings. The van der Waals surface area contributed by atoms with Crippen LogP contribution in [0.15, 0.2) is 36.5 Å². The van der Waals surface area contributed by atoms with Crippen LogP contribution in [0.25, 0.3) is 0 Å². The van der Waals surface area contributed by atoms with Crippen molar-refractivity contribution in [3.63, 3.8) is 0 Å². The molecule has 0 unspecified atom stereocenters. The molecule has 0 atom stereocenters. The number of alkyl halides is 3. The molecule has 190 valence electrons. The van der Waals surface area contributed by atoms with Crippen molar-refractivity contribution < 1.29 is 32.2 Å². The second kappa shape index (κ2) is 11.8. The van der Waals surface area contributed by atoms with Crippen molar-refractivity contribution >= 4 is 17.6 Å². The SMILES string of the molecule is CCCCOc1ccc(C(=O)NNC(=O)C2CCN(c3ccc(C(F)(F)F)cn3)CC2)cc1OC. The third-order valence-corrected chi connectivity index (χ3v) is 5.75.